The molecule has 3 aromatic rings. The van der Waals surface area contributed by atoms with Gasteiger partial charge in [-0.25, -0.2) is 4.90 Å². The van der Waals surface area contributed by atoms with Crippen LogP contribution in [0.2, 0.25) is 5.02 Å². The van der Waals surface area contributed by atoms with Gasteiger partial charge in [-0.2, -0.15) is 5.26 Å². The van der Waals surface area contributed by atoms with Crippen molar-refractivity contribution >= 4 is 35.0 Å². The molecule has 1 heterocycles. The second-order valence-electron chi connectivity index (χ2n) is 8.01. The van der Waals surface area contributed by atoms with Crippen LogP contribution < -0.4 is 9.64 Å². The Bertz CT molecular complexity index is 1270. The molecule has 0 spiro atoms. The topological polar surface area (TPSA) is 90.7 Å². The third-order valence-electron chi connectivity index (χ3n) is 5.71. The molecule has 4 rings (SSSR count). The average molecular weight is 488 g/mol. The number of nitrogens with zero attached hydrogens (tertiary/aromatic N) is 3. The van der Waals surface area contributed by atoms with Gasteiger partial charge in [0.05, 0.1) is 23.7 Å². The molecule has 0 bridgehead atoms. The largest absolute Gasteiger partial charge is 0.484 e. The van der Waals surface area contributed by atoms with Crippen LogP contribution in [0, 0.1) is 11.3 Å². The predicted octanol–water partition coefficient (Wildman–Crippen LogP) is 3.99. The van der Waals surface area contributed by atoms with E-state index in [4.69, 9.17) is 21.6 Å². The van der Waals surface area contributed by atoms with Crippen molar-refractivity contribution in [3.63, 3.8) is 0 Å². The number of benzene rings is 3. The molecule has 176 valence electrons. The van der Waals surface area contributed by atoms with E-state index in [-0.39, 0.29) is 19.6 Å². The molecule has 0 radical (unpaired) electrons. The summed E-state index contributed by atoms with van der Waals surface area (Å²) >= 11 is 6.09. The molecule has 1 saturated heterocycles. The third-order valence-corrected chi connectivity index (χ3v) is 5.95. The van der Waals surface area contributed by atoms with Crippen molar-refractivity contribution in [3.05, 3.63) is 95.0 Å². The number of halogens is 1. The molecule has 0 aliphatic carbocycles. The zero-order chi connectivity index (χ0) is 24.8. The number of ether oxygens (including phenoxy) is 1. The number of hydrogen-bond donors (Lipinski definition) is 0. The number of nitriles is 1. The Morgan fingerprint density at radius 2 is 1.80 bits per heavy atom. The Hall–Kier alpha value is -4.15. The molecule has 1 fully saturated rings. The van der Waals surface area contributed by atoms with Crippen LogP contribution in [0.1, 0.15) is 17.5 Å². The van der Waals surface area contributed by atoms with E-state index in [1.807, 2.05) is 24.3 Å². The lowest BCUT2D eigenvalue weighted by atomic mass is 10.1. The van der Waals surface area contributed by atoms with Crippen LogP contribution >= 0.6 is 11.6 Å². The standard InChI is InChI=1S/C27H22ClN3O4/c28-21-6-4-5-19(15-21)13-14-30(26(33)18-35-23-7-2-1-3-8-23)24-16-25(32)31(27(24)34)22-11-9-20(17-29)10-12-22/h1-12,15,24H,13-14,16,18H2. The van der Waals surface area contributed by atoms with E-state index >= 15 is 0 Å². The maximum absolute atomic E-state index is 13.3. The first kappa shape index (κ1) is 24.0. The van der Waals surface area contributed by atoms with Crippen molar-refractivity contribution in [2.24, 2.45) is 0 Å². The van der Waals surface area contributed by atoms with Crippen molar-refractivity contribution in [1.82, 2.24) is 4.90 Å². The maximum atomic E-state index is 13.3. The minimum Gasteiger partial charge on any atom is -0.484 e. The summed E-state index contributed by atoms with van der Waals surface area (Å²) in [4.78, 5) is 41.9. The first-order chi connectivity index (χ1) is 17.0. The number of imide groups is 1. The van der Waals surface area contributed by atoms with Crippen LogP contribution in [0.3, 0.4) is 0 Å². The van der Waals surface area contributed by atoms with Crippen LogP contribution in [0.4, 0.5) is 5.69 Å². The van der Waals surface area contributed by atoms with E-state index in [0.717, 1.165) is 10.5 Å². The fourth-order valence-electron chi connectivity index (χ4n) is 3.96. The van der Waals surface area contributed by atoms with Gasteiger partial charge in [0.15, 0.2) is 6.61 Å². The molecule has 1 aliphatic heterocycles. The second-order valence-corrected chi connectivity index (χ2v) is 8.45. The van der Waals surface area contributed by atoms with Gasteiger partial charge in [0.2, 0.25) is 5.91 Å². The van der Waals surface area contributed by atoms with Gasteiger partial charge in [0, 0.05) is 11.6 Å². The summed E-state index contributed by atoms with van der Waals surface area (Å²) in [5.74, 6) is -0.763. The summed E-state index contributed by atoms with van der Waals surface area (Å²) in [6, 6.07) is 23.4. The minimum atomic E-state index is -0.954. The van der Waals surface area contributed by atoms with Gasteiger partial charge in [-0.1, -0.05) is 41.9 Å². The zero-order valence-electron chi connectivity index (χ0n) is 18.8. The number of anilines is 1. The quantitative estimate of drug-likeness (QED) is 0.448. The first-order valence-corrected chi connectivity index (χ1v) is 11.4. The summed E-state index contributed by atoms with van der Waals surface area (Å²) in [6.07, 6.45) is 0.317. The average Bonchev–Trinajstić information content (AvgIpc) is 3.17. The molecular weight excluding hydrogens is 466 g/mol. The molecule has 0 saturated carbocycles. The number of carbonyl (C=O) groups is 3. The fourth-order valence-corrected chi connectivity index (χ4v) is 4.17. The number of carbonyl (C=O) groups excluding carboxylic acids is 3. The molecule has 1 aliphatic rings. The van der Waals surface area contributed by atoms with Gasteiger partial charge < -0.3 is 9.64 Å². The van der Waals surface area contributed by atoms with Gasteiger partial charge in [0.1, 0.15) is 11.8 Å². The summed E-state index contributed by atoms with van der Waals surface area (Å²) in [7, 11) is 0. The Morgan fingerprint density at radius 1 is 1.06 bits per heavy atom. The van der Waals surface area contributed by atoms with Gasteiger partial charge >= 0.3 is 0 Å². The molecule has 35 heavy (non-hydrogen) atoms. The maximum Gasteiger partial charge on any atom is 0.261 e. The highest BCUT2D eigenvalue weighted by Crippen LogP contribution is 2.27. The van der Waals surface area contributed by atoms with Crippen LogP contribution in [-0.4, -0.2) is 41.8 Å². The molecule has 1 atom stereocenters. The second kappa shape index (κ2) is 10.9. The predicted molar refractivity (Wildman–Crippen MR) is 131 cm³/mol. The summed E-state index contributed by atoms with van der Waals surface area (Å²) < 4.78 is 5.63. The van der Waals surface area contributed by atoms with E-state index in [1.165, 1.54) is 4.90 Å². The Labute approximate surface area is 208 Å². The van der Waals surface area contributed by atoms with E-state index in [0.29, 0.717) is 28.4 Å². The minimum absolute atomic E-state index is 0.133. The normalized spacial score (nSPS) is 15.1. The summed E-state index contributed by atoms with van der Waals surface area (Å²) in [5, 5.41) is 9.59. The molecule has 3 aromatic carbocycles. The van der Waals surface area contributed by atoms with Crippen molar-refractivity contribution in [1.29, 1.82) is 5.26 Å². The summed E-state index contributed by atoms with van der Waals surface area (Å²) in [5.41, 5.74) is 1.69. The van der Waals surface area contributed by atoms with E-state index < -0.39 is 23.8 Å². The van der Waals surface area contributed by atoms with E-state index in [2.05, 4.69) is 0 Å². The number of hydrogen-bond acceptors (Lipinski definition) is 5. The lowest BCUT2D eigenvalue weighted by Gasteiger charge is -2.28. The molecular formula is C27H22ClN3O4. The van der Waals surface area contributed by atoms with Crippen LogP contribution in [-0.2, 0) is 20.8 Å². The Balaban J connectivity index is 1.55. The van der Waals surface area contributed by atoms with Crippen molar-refractivity contribution < 1.29 is 19.1 Å². The number of para-hydroxylation sites is 1. The smallest absolute Gasteiger partial charge is 0.261 e. The third kappa shape index (κ3) is 5.68. The van der Waals surface area contributed by atoms with Gasteiger partial charge in [-0.15, -0.1) is 0 Å². The Morgan fingerprint density at radius 3 is 2.49 bits per heavy atom. The van der Waals surface area contributed by atoms with Gasteiger partial charge in [-0.05, 0) is 60.5 Å². The first-order valence-electron chi connectivity index (χ1n) is 11.0. The van der Waals surface area contributed by atoms with Gasteiger partial charge in [0.25, 0.3) is 11.8 Å². The lowest BCUT2D eigenvalue weighted by molar-refractivity contribution is -0.140. The molecule has 8 heteroatoms. The molecule has 0 aromatic heterocycles. The van der Waals surface area contributed by atoms with Crippen molar-refractivity contribution in [2.45, 2.75) is 18.9 Å². The SMILES string of the molecule is N#Cc1ccc(N2C(=O)CC(N(CCc3cccc(Cl)c3)C(=O)COc3ccccc3)C2=O)cc1. The van der Waals surface area contributed by atoms with Crippen molar-refractivity contribution in [3.8, 4) is 11.8 Å². The lowest BCUT2D eigenvalue weighted by Crippen LogP contribution is -2.48. The molecule has 0 N–H and O–H groups in total. The number of amides is 3. The molecule has 1 unspecified atom stereocenters. The van der Waals surface area contributed by atoms with Crippen LogP contribution in [0.15, 0.2) is 78.9 Å². The van der Waals surface area contributed by atoms with Crippen LogP contribution in [0.25, 0.3) is 0 Å². The fraction of sp³-hybridized carbons (Fsp3) is 0.185. The molecule has 7 nitrogen and oxygen atoms in total. The highest BCUT2D eigenvalue weighted by atomic mass is 35.5. The van der Waals surface area contributed by atoms with Crippen LogP contribution in [0.5, 0.6) is 5.75 Å². The van der Waals surface area contributed by atoms with Gasteiger partial charge in [-0.3, -0.25) is 14.4 Å². The van der Waals surface area contributed by atoms with E-state index in [1.54, 1.807) is 60.7 Å². The zero-order valence-corrected chi connectivity index (χ0v) is 19.5. The Kier molecular flexibility index (Phi) is 7.44. The molecule has 3 amide bonds. The van der Waals surface area contributed by atoms with Crippen molar-refractivity contribution in [2.75, 3.05) is 18.1 Å². The van der Waals surface area contributed by atoms with E-state index in [9.17, 15) is 14.4 Å². The number of rotatable bonds is 8. The highest BCUT2D eigenvalue weighted by molar-refractivity contribution is 6.30. The summed E-state index contributed by atoms with van der Waals surface area (Å²) in [6.45, 7) is -0.0589. The highest BCUT2D eigenvalue weighted by Gasteiger charge is 2.44. The monoisotopic (exact) mass is 487 g/mol.